The fourth-order valence-electron chi connectivity index (χ4n) is 4.36. The lowest BCUT2D eigenvalue weighted by Crippen LogP contribution is -2.40. The second kappa shape index (κ2) is 9.96. The van der Waals surface area contributed by atoms with Gasteiger partial charge in [0, 0.05) is 32.7 Å². The van der Waals surface area contributed by atoms with Gasteiger partial charge in [0.05, 0.1) is 0 Å². The van der Waals surface area contributed by atoms with E-state index in [1.165, 1.54) is 50.9 Å². The fourth-order valence-corrected chi connectivity index (χ4v) is 4.36. The zero-order valence-electron chi connectivity index (χ0n) is 16.7. The highest BCUT2D eigenvalue weighted by Gasteiger charge is 2.26. The van der Waals surface area contributed by atoms with Crippen LogP contribution in [0, 0.1) is 11.8 Å². The molecule has 2 heterocycles. The van der Waals surface area contributed by atoms with Crippen molar-refractivity contribution in [1.82, 2.24) is 15.1 Å². The van der Waals surface area contributed by atoms with Crippen LogP contribution in [0.2, 0.25) is 0 Å². The number of hydrogen-bond donors (Lipinski definition) is 1. The molecule has 0 spiro atoms. The SMILES string of the molecule is CCCN1CCC(CN=C(NCC)N2CCC(Cc3ccccc3)C2)C1. The summed E-state index contributed by atoms with van der Waals surface area (Å²) in [5, 5.41) is 3.53. The van der Waals surface area contributed by atoms with Gasteiger partial charge in [-0.1, -0.05) is 37.3 Å². The van der Waals surface area contributed by atoms with Crippen molar-refractivity contribution in [2.24, 2.45) is 16.8 Å². The molecule has 2 saturated heterocycles. The average molecular weight is 357 g/mol. The Morgan fingerprint density at radius 2 is 1.88 bits per heavy atom. The molecule has 2 aliphatic rings. The van der Waals surface area contributed by atoms with E-state index in [1.54, 1.807) is 0 Å². The number of rotatable bonds is 7. The molecule has 4 heteroatoms. The van der Waals surface area contributed by atoms with E-state index in [4.69, 9.17) is 4.99 Å². The van der Waals surface area contributed by atoms with Crippen molar-refractivity contribution < 1.29 is 0 Å². The van der Waals surface area contributed by atoms with Crippen molar-refractivity contribution in [3.05, 3.63) is 35.9 Å². The lowest BCUT2D eigenvalue weighted by atomic mass is 9.99. The minimum Gasteiger partial charge on any atom is -0.357 e. The Morgan fingerprint density at radius 3 is 2.65 bits per heavy atom. The largest absolute Gasteiger partial charge is 0.357 e. The van der Waals surface area contributed by atoms with Crippen LogP contribution >= 0.6 is 0 Å². The Labute approximate surface area is 159 Å². The van der Waals surface area contributed by atoms with Crippen molar-refractivity contribution in [3.63, 3.8) is 0 Å². The molecule has 1 N–H and O–H groups in total. The van der Waals surface area contributed by atoms with Crippen LogP contribution < -0.4 is 5.32 Å². The van der Waals surface area contributed by atoms with Crippen LogP contribution in [0.25, 0.3) is 0 Å². The smallest absolute Gasteiger partial charge is 0.193 e. The summed E-state index contributed by atoms with van der Waals surface area (Å²) in [5.74, 6) is 2.61. The summed E-state index contributed by atoms with van der Waals surface area (Å²) >= 11 is 0. The van der Waals surface area contributed by atoms with Gasteiger partial charge in [-0.3, -0.25) is 4.99 Å². The summed E-state index contributed by atoms with van der Waals surface area (Å²) < 4.78 is 0. The van der Waals surface area contributed by atoms with Gasteiger partial charge in [0.1, 0.15) is 0 Å². The third-order valence-corrected chi connectivity index (χ3v) is 5.70. The second-order valence-corrected chi connectivity index (χ2v) is 7.94. The Bertz CT molecular complexity index is 557. The van der Waals surface area contributed by atoms with Gasteiger partial charge >= 0.3 is 0 Å². The molecule has 144 valence electrons. The molecule has 0 amide bonds. The first-order chi connectivity index (χ1) is 12.8. The lowest BCUT2D eigenvalue weighted by molar-refractivity contribution is 0.326. The molecule has 0 radical (unpaired) electrons. The molecular formula is C22H36N4. The Balaban J connectivity index is 1.51. The summed E-state index contributed by atoms with van der Waals surface area (Å²) in [6, 6.07) is 10.9. The van der Waals surface area contributed by atoms with Gasteiger partial charge in [-0.25, -0.2) is 0 Å². The maximum absolute atomic E-state index is 5.02. The van der Waals surface area contributed by atoms with E-state index >= 15 is 0 Å². The Kier molecular flexibility index (Phi) is 7.36. The first-order valence-corrected chi connectivity index (χ1v) is 10.6. The van der Waals surface area contributed by atoms with Gasteiger partial charge in [0.2, 0.25) is 0 Å². The zero-order chi connectivity index (χ0) is 18.2. The molecule has 2 fully saturated rings. The second-order valence-electron chi connectivity index (χ2n) is 7.94. The van der Waals surface area contributed by atoms with Crippen molar-refractivity contribution >= 4 is 5.96 Å². The van der Waals surface area contributed by atoms with E-state index < -0.39 is 0 Å². The van der Waals surface area contributed by atoms with Crippen LogP contribution in [0.5, 0.6) is 0 Å². The van der Waals surface area contributed by atoms with E-state index in [0.29, 0.717) is 0 Å². The maximum atomic E-state index is 5.02. The molecule has 0 aromatic heterocycles. The molecular weight excluding hydrogens is 320 g/mol. The Morgan fingerprint density at radius 1 is 1.08 bits per heavy atom. The Hall–Kier alpha value is -1.55. The van der Waals surface area contributed by atoms with E-state index in [9.17, 15) is 0 Å². The molecule has 26 heavy (non-hydrogen) atoms. The number of guanidine groups is 1. The van der Waals surface area contributed by atoms with Crippen LogP contribution in [0.4, 0.5) is 0 Å². The number of nitrogens with one attached hydrogen (secondary N) is 1. The van der Waals surface area contributed by atoms with Crippen LogP contribution in [-0.2, 0) is 6.42 Å². The minimum atomic E-state index is 0.734. The van der Waals surface area contributed by atoms with Crippen LogP contribution in [0.3, 0.4) is 0 Å². The molecule has 1 aromatic rings. The van der Waals surface area contributed by atoms with E-state index in [1.807, 2.05) is 0 Å². The van der Waals surface area contributed by atoms with E-state index in [0.717, 1.165) is 44.0 Å². The van der Waals surface area contributed by atoms with Gasteiger partial charge in [0.25, 0.3) is 0 Å². The highest BCUT2D eigenvalue weighted by molar-refractivity contribution is 5.80. The summed E-state index contributed by atoms with van der Waals surface area (Å²) in [5.41, 5.74) is 1.46. The maximum Gasteiger partial charge on any atom is 0.193 e. The minimum absolute atomic E-state index is 0.734. The van der Waals surface area contributed by atoms with Crippen molar-refractivity contribution in [2.45, 2.75) is 39.5 Å². The monoisotopic (exact) mass is 356 g/mol. The third-order valence-electron chi connectivity index (χ3n) is 5.70. The van der Waals surface area contributed by atoms with Gasteiger partial charge in [0.15, 0.2) is 5.96 Å². The first-order valence-electron chi connectivity index (χ1n) is 10.6. The molecule has 2 aliphatic heterocycles. The fraction of sp³-hybridized carbons (Fsp3) is 0.682. The summed E-state index contributed by atoms with van der Waals surface area (Å²) in [4.78, 5) is 10.1. The van der Waals surface area contributed by atoms with Gasteiger partial charge in [-0.05, 0) is 63.1 Å². The number of nitrogens with zero attached hydrogens (tertiary/aromatic N) is 3. The molecule has 4 nitrogen and oxygen atoms in total. The molecule has 3 rings (SSSR count). The first kappa shape index (κ1) is 19.2. The highest BCUT2D eigenvalue weighted by Crippen LogP contribution is 2.21. The van der Waals surface area contributed by atoms with Crippen molar-refractivity contribution in [1.29, 1.82) is 0 Å². The van der Waals surface area contributed by atoms with Crippen LogP contribution in [0.1, 0.15) is 38.7 Å². The standard InChI is InChI=1S/C22H36N4/c1-3-12-25-13-10-21(17-25)16-24-22(23-4-2)26-14-11-20(18-26)15-19-8-6-5-7-9-19/h5-9,20-21H,3-4,10-18H2,1-2H3,(H,23,24). The third kappa shape index (κ3) is 5.47. The lowest BCUT2D eigenvalue weighted by Gasteiger charge is -2.22. The molecule has 0 saturated carbocycles. The molecule has 2 unspecified atom stereocenters. The topological polar surface area (TPSA) is 30.9 Å². The molecule has 0 bridgehead atoms. The van der Waals surface area contributed by atoms with Gasteiger partial charge < -0.3 is 15.1 Å². The molecule has 2 atom stereocenters. The van der Waals surface area contributed by atoms with Gasteiger partial charge in [-0.2, -0.15) is 0 Å². The summed E-state index contributed by atoms with van der Waals surface area (Å²) in [6.45, 7) is 12.4. The molecule has 0 aliphatic carbocycles. The zero-order valence-corrected chi connectivity index (χ0v) is 16.7. The number of hydrogen-bond acceptors (Lipinski definition) is 2. The quantitative estimate of drug-likeness (QED) is 0.601. The average Bonchev–Trinajstić information content (AvgIpc) is 3.30. The van der Waals surface area contributed by atoms with E-state index in [-0.39, 0.29) is 0 Å². The van der Waals surface area contributed by atoms with Crippen molar-refractivity contribution in [2.75, 3.05) is 45.8 Å². The summed E-state index contributed by atoms with van der Waals surface area (Å²) in [6.07, 6.45) is 5.02. The normalized spacial score (nSPS) is 24.4. The summed E-state index contributed by atoms with van der Waals surface area (Å²) in [7, 11) is 0. The number of likely N-dealkylation sites (tertiary alicyclic amines) is 2. The molecule has 1 aromatic carbocycles. The predicted octanol–water partition coefficient (Wildman–Crippen LogP) is 3.25. The number of benzene rings is 1. The van der Waals surface area contributed by atoms with Crippen molar-refractivity contribution in [3.8, 4) is 0 Å². The number of aliphatic imine (C=N–C) groups is 1. The van der Waals surface area contributed by atoms with Crippen LogP contribution in [0.15, 0.2) is 35.3 Å². The van der Waals surface area contributed by atoms with Crippen LogP contribution in [-0.4, -0.2) is 61.6 Å². The highest BCUT2D eigenvalue weighted by atomic mass is 15.3. The van der Waals surface area contributed by atoms with Gasteiger partial charge in [-0.15, -0.1) is 0 Å². The predicted molar refractivity (Wildman–Crippen MR) is 111 cm³/mol. The van der Waals surface area contributed by atoms with E-state index in [2.05, 4.69) is 59.3 Å².